The summed E-state index contributed by atoms with van der Waals surface area (Å²) < 4.78 is 28.6. The summed E-state index contributed by atoms with van der Waals surface area (Å²) in [5, 5.41) is 8.77. The summed E-state index contributed by atoms with van der Waals surface area (Å²) in [6.07, 6.45) is 0.439. The molecule has 1 aromatic carbocycles. The predicted octanol–water partition coefficient (Wildman–Crippen LogP) is 2.15. The van der Waals surface area contributed by atoms with E-state index in [-0.39, 0.29) is 12.2 Å². The zero-order chi connectivity index (χ0) is 16.0. The van der Waals surface area contributed by atoms with E-state index < -0.39 is 27.0 Å². The molecule has 21 heavy (non-hydrogen) atoms. The van der Waals surface area contributed by atoms with Gasteiger partial charge in [-0.3, -0.25) is 4.79 Å². The molecule has 0 bridgehead atoms. The first-order chi connectivity index (χ1) is 9.76. The second-order valence-corrected chi connectivity index (χ2v) is 7.97. The Hall–Kier alpha value is -1.56. The molecule has 0 radical (unpaired) electrons. The van der Waals surface area contributed by atoms with Gasteiger partial charge in [-0.15, -0.1) is 0 Å². The fourth-order valence-corrected chi connectivity index (χ4v) is 2.99. The third-order valence-corrected chi connectivity index (χ3v) is 5.70. The molecule has 0 saturated heterocycles. The molecule has 6 heteroatoms. The van der Waals surface area contributed by atoms with Crippen LogP contribution in [0.15, 0.2) is 24.3 Å². The van der Waals surface area contributed by atoms with Gasteiger partial charge in [0.2, 0.25) is 0 Å². The average molecular weight is 314 g/mol. The number of carboxylic acid groups (broad SMARTS) is 1. The maximum atomic E-state index is 11.8. The third-order valence-electron chi connectivity index (χ3n) is 3.46. The Morgan fingerprint density at radius 3 is 2.24 bits per heavy atom. The van der Waals surface area contributed by atoms with Crippen LogP contribution in [0.4, 0.5) is 0 Å². The zero-order valence-electron chi connectivity index (χ0n) is 12.6. The molecule has 0 heterocycles. The second-order valence-electron chi connectivity index (χ2n) is 5.29. The van der Waals surface area contributed by atoms with Crippen molar-refractivity contribution in [3.05, 3.63) is 29.8 Å². The van der Waals surface area contributed by atoms with Crippen molar-refractivity contribution in [3.63, 3.8) is 0 Å². The van der Waals surface area contributed by atoms with Crippen molar-refractivity contribution in [1.82, 2.24) is 0 Å². The molecule has 0 aromatic heterocycles. The number of carbonyl (C=O) groups is 1. The van der Waals surface area contributed by atoms with Crippen molar-refractivity contribution >= 4 is 15.8 Å². The lowest BCUT2D eigenvalue weighted by Crippen LogP contribution is -2.24. The molecule has 0 aliphatic heterocycles. The third kappa shape index (κ3) is 5.38. The van der Waals surface area contributed by atoms with Crippen molar-refractivity contribution in [2.45, 2.75) is 31.9 Å². The number of hydrogen-bond donors (Lipinski definition) is 1. The molecule has 0 amide bonds. The van der Waals surface area contributed by atoms with Gasteiger partial charge in [-0.25, -0.2) is 8.42 Å². The lowest BCUT2D eigenvalue weighted by atomic mass is 9.97. The molecule has 1 atom stereocenters. The number of carboxylic acids is 1. The van der Waals surface area contributed by atoms with Crippen LogP contribution in [-0.2, 0) is 21.1 Å². The number of sulfone groups is 1. The summed E-state index contributed by atoms with van der Waals surface area (Å²) in [7, 11) is -1.65. The van der Waals surface area contributed by atoms with Gasteiger partial charge in [-0.1, -0.05) is 12.1 Å². The molecule has 118 valence electrons. The largest absolute Gasteiger partial charge is 0.497 e. The summed E-state index contributed by atoms with van der Waals surface area (Å²) in [4.78, 5) is 11.3. The monoisotopic (exact) mass is 314 g/mol. The molecular formula is C15H22O5S. The van der Waals surface area contributed by atoms with Gasteiger partial charge in [-0.2, -0.15) is 0 Å². The summed E-state index contributed by atoms with van der Waals surface area (Å²) >= 11 is 0. The molecule has 0 fully saturated rings. The van der Waals surface area contributed by atoms with Crippen molar-refractivity contribution in [3.8, 4) is 5.75 Å². The van der Waals surface area contributed by atoms with Gasteiger partial charge in [0.25, 0.3) is 0 Å². The van der Waals surface area contributed by atoms with Crippen LogP contribution in [0.1, 0.15) is 25.8 Å². The lowest BCUT2D eigenvalue weighted by molar-refractivity contribution is -0.141. The fraction of sp³-hybridized carbons (Fsp3) is 0.533. The van der Waals surface area contributed by atoms with Gasteiger partial charge < -0.3 is 9.84 Å². The van der Waals surface area contributed by atoms with E-state index in [4.69, 9.17) is 4.74 Å². The fourth-order valence-electron chi connectivity index (χ4n) is 1.90. The van der Waals surface area contributed by atoms with Crippen LogP contribution in [-0.4, -0.2) is 37.6 Å². The minimum atomic E-state index is -3.21. The van der Waals surface area contributed by atoms with Crippen molar-refractivity contribution in [1.29, 1.82) is 0 Å². The standard InChI is InChI=1S/C15H22O5S/c1-11(2)21(18,19)9-8-13(15(16)17)10-12-4-6-14(20-3)7-5-12/h4-7,11,13H,8-10H2,1-3H3,(H,16,17). The molecular weight excluding hydrogens is 292 g/mol. The van der Waals surface area contributed by atoms with Crippen molar-refractivity contribution < 1.29 is 23.1 Å². The molecule has 1 unspecified atom stereocenters. The van der Waals surface area contributed by atoms with Crippen LogP contribution in [0.2, 0.25) is 0 Å². The van der Waals surface area contributed by atoms with E-state index in [9.17, 15) is 18.3 Å². The Bertz CT molecular complexity index is 560. The molecule has 0 aliphatic rings. The average Bonchev–Trinajstić information content (AvgIpc) is 2.43. The summed E-state index contributed by atoms with van der Waals surface area (Å²) in [6, 6.07) is 7.12. The Balaban J connectivity index is 2.72. The van der Waals surface area contributed by atoms with E-state index in [0.29, 0.717) is 12.2 Å². The van der Waals surface area contributed by atoms with Crippen molar-refractivity contribution in [2.75, 3.05) is 12.9 Å². The Morgan fingerprint density at radius 2 is 1.81 bits per heavy atom. The molecule has 5 nitrogen and oxygen atoms in total. The highest BCUT2D eigenvalue weighted by molar-refractivity contribution is 7.91. The number of methoxy groups -OCH3 is 1. The van der Waals surface area contributed by atoms with Gasteiger partial charge in [0, 0.05) is 0 Å². The molecule has 1 rings (SSSR count). The number of rotatable bonds is 8. The number of benzene rings is 1. The normalized spacial score (nSPS) is 13.1. The Morgan fingerprint density at radius 1 is 1.24 bits per heavy atom. The van der Waals surface area contributed by atoms with Gasteiger partial charge >= 0.3 is 5.97 Å². The van der Waals surface area contributed by atoms with E-state index in [1.54, 1.807) is 45.2 Å². The lowest BCUT2D eigenvalue weighted by Gasteiger charge is -2.14. The highest BCUT2D eigenvalue weighted by Crippen LogP contribution is 2.18. The van der Waals surface area contributed by atoms with Crippen LogP contribution in [0, 0.1) is 5.92 Å². The minimum Gasteiger partial charge on any atom is -0.497 e. The van der Waals surface area contributed by atoms with Crippen LogP contribution < -0.4 is 4.74 Å². The number of aliphatic carboxylic acids is 1. The van der Waals surface area contributed by atoms with Crippen LogP contribution in [0.3, 0.4) is 0 Å². The SMILES string of the molecule is COc1ccc(CC(CCS(=O)(=O)C(C)C)C(=O)O)cc1. The van der Waals surface area contributed by atoms with Gasteiger partial charge in [0.05, 0.1) is 24.0 Å². The summed E-state index contributed by atoms with van der Waals surface area (Å²) in [5.74, 6) is -1.07. The Labute approximate surface area is 125 Å². The maximum absolute atomic E-state index is 11.8. The Kier molecular flexibility index (Phi) is 6.20. The molecule has 0 aliphatic carbocycles. The van der Waals surface area contributed by atoms with Gasteiger partial charge in [0.15, 0.2) is 9.84 Å². The van der Waals surface area contributed by atoms with E-state index >= 15 is 0 Å². The maximum Gasteiger partial charge on any atom is 0.306 e. The zero-order valence-corrected chi connectivity index (χ0v) is 13.4. The summed E-state index contributed by atoms with van der Waals surface area (Å²) in [6.45, 7) is 3.21. The first-order valence-corrected chi connectivity index (χ1v) is 8.55. The van der Waals surface area contributed by atoms with Gasteiger partial charge in [-0.05, 0) is 44.4 Å². The number of hydrogen-bond acceptors (Lipinski definition) is 4. The van der Waals surface area contributed by atoms with E-state index in [1.165, 1.54) is 0 Å². The van der Waals surface area contributed by atoms with E-state index in [0.717, 1.165) is 5.56 Å². The van der Waals surface area contributed by atoms with Gasteiger partial charge in [0.1, 0.15) is 5.75 Å². The highest BCUT2D eigenvalue weighted by atomic mass is 32.2. The molecule has 1 aromatic rings. The predicted molar refractivity (Wildman–Crippen MR) is 81.4 cm³/mol. The second kappa shape index (κ2) is 7.45. The van der Waals surface area contributed by atoms with Crippen LogP contribution in [0.5, 0.6) is 5.75 Å². The quantitative estimate of drug-likeness (QED) is 0.795. The van der Waals surface area contributed by atoms with Crippen LogP contribution >= 0.6 is 0 Å². The first-order valence-electron chi connectivity index (χ1n) is 6.83. The van der Waals surface area contributed by atoms with Crippen LogP contribution in [0.25, 0.3) is 0 Å². The highest BCUT2D eigenvalue weighted by Gasteiger charge is 2.23. The number of ether oxygens (including phenoxy) is 1. The summed E-state index contributed by atoms with van der Waals surface area (Å²) in [5.41, 5.74) is 0.852. The smallest absolute Gasteiger partial charge is 0.306 e. The van der Waals surface area contributed by atoms with Crippen molar-refractivity contribution in [2.24, 2.45) is 5.92 Å². The molecule has 1 N–H and O–H groups in total. The first kappa shape index (κ1) is 17.5. The molecule has 0 saturated carbocycles. The minimum absolute atomic E-state index is 0.0994. The topological polar surface area (TPSA) is 80.7 Å². The van der Waals surface area contributed by atoms with E-state index in [1.807, 2.05) is 0 Å². The van der Waals surface area contributed by atoms with E-state index in [2.05, 4.69) is 0 Å². The molecule has 0 spiro atoms.